The molecule has 1 fully saturated rings. The minimum absolute atomic E-state index is 0.0631. The molecule has 0 bridgehead atoms. The van der Waals surface area contributed by atoms with E-state index in [9.17, 15) is 0 Å². The molecule has 4 heteroatoms. The van der Waals surface area contributed by atoms with E-state index in [0.29, 0.717) is 18.3 Å². The molecule has 1 atom stereocenters. The monoisotopic (exact) mass is 233 g/mol. The molecular weight excluding hydrogens is 214 g/mol. The molecule has 0 aromatic carbocycles. The zero-order valence-corrected chi connectivity index (χ0v) is 10.3. The van der Waals surface area contributed by atoms with Crippen LogP contribution in [0.3, 0.4) is 0 Å². The number of nitrogen functional groups attached to an aromatic ring is 1. The van der Waals surface area contributed by atoms with E-state index in [4.69, 9.17) is 10.5 Å². The predicted molar refractivity (Wildman–Crippen MR) is 65.6 cm³/mol. The van der Waals surface area contributed by atoms with Crippen LogP contribution in [-0.4, -0.2) is 16.6 Å². The highest BCUT2D eigenvalue weighted by Gasteiger charge is 2.35. The molecule has 0 spiro atoms. The molecule has 0 saturated heterocycles. The number of rotatable bonds is 4. The van der Waals surface area contributed by atoms with Gasteiger partial charge in [-0.25, -0.2) is 9.97 Å². The Labute approximate surface area is 102 Å². The molecule has 1 heterocycles. The molecule has 2 aliphatic rings. The molecule has 3 rings (SSSR count). The first kappa shape index (κ1) is 11.0. The van der Waals surface area contributed by atoms with Crippen molar-refractivity contribution in [1.29, 1.82) is 0 Å². The minimum Gasteiger partial charge on any atom is -0.383 e. The van der Waals surface area contributed by atoms with Crippen molar-refractivity contribution in [2.75, 3.05) is 12.3 Å². The third-order valence-electron chi connectivity index (χ3n) is 3.63. The minimum atomic E-state index is 0.0631. The maximum atomic E-state index is 6.02. The molecule has 2 aliphatic carbocycles. The summed E-state index contributed by atoms with van der Waals surface area (Å²) in [5, 5.41) is 0. The van der Waals surface area contributed by atoms with Gasteiger partial charge in [-0.05, 0) is 44.9 Å². The van der Waals surface area contributed by atoms with E-state index >= 15 is 0 Å². The van der Waals surface area contributed by atoms with Gasteiger partial charge in [0.2, 0.25) is 0 Å². The fourth-order valence-corrected chi connectivity index (χ4v) is 2.61. The third-order valence-corrected chi connectivity index (χ3v) is 3.63. The SMILES string of the molecule is CCOC(c1nc(N)c2c(n1)CCC2)C1CC1. The van der Waals surface area contributed by atoms with Gasteiger partial charge in [0.05, 0.1) is 0 Å². The van der Waals surface area contributed by atoms with Gasteiger partial charge >= 0.3 is 0 Å². The highest BCUT2D eigenvalue weighted by atomic mass is 16.5. The number of hydrogen-bond donors (Lipinski definition) is 1. The van der Waals surface area contributed by atoms with Crippen molar-refractivity contribution >= 4 is 5.82 Å². The van der Waals surface area contributed by atoms with Crippen LogP contribution in [0.1, 0.15) is 49.4 Å². The number of nitrogens with zero attached hydrogens (tertiary/aromatic N) is 2. The second kappa shape index (κ2) is 4.26. The van der Waals surface area contributed by atoms with Crippen molar-refractivity contribution in [2.24, 2.45) is 5.92 Å². The van der Waals surface area contributed by atoms with Crippen molar-refractivity contribution in [2.45, 2.75) is 45.1 Å². The number of anilines is 1. The highest BCUT2D eigenvalue weighted by molar-refractivity contribution is 5.45. The zero-order chi connectivity index (χ0) is 11.8. The number of aryl methyl sites for hydroxylation is 1. The molecule has 1 aromatic rings. The van der Waals surface area contributed by atoms with Crippen LogP contribution in [0.25, 0.3) is 0 Å². The Morgan fingerprint density at radius 2 is 2.18 bits per heavy atom. The Bertz CT molecular complexity index is 429. The molecule has 0 aliphatic heterocycles. The van der Waals surface area contributed by atoms with Gasteiger partial charge in [0.1, 0.15) is 11.9 Å². The van der Waals surface area contributed by atoms with E-state index in [1.807, 2.05) is 6.92 Å². The van der Waals surface area contributed by atoms with Crippen molar-refractivity contribution in [3.05, 3.63) is 17.1 Å². The van der Waals surface area contributed by atoms with Crippen LogP contribution < -0.4 is 5.73 Å². The number of aromatic nitrogens is 2. The lowest BCUT2D eigenvalue weighted by atomic mass is 10.2. The van der Waals surface area contributed by atoms with Gasteiger partial charge in [0.25, 0.3) is 0 Å². The van der Waals surface area contributed by atoms with Crippen LogP contribution >= 0.6 is 0 Å². The quantitative estimate of drug-likeness (QED) is 0.864. The number of fused-ring (bicyclic) bond motifs is 1. The van der Waals surface area contributed by atoms with Crippen molar-refractivity contribution < 1.29 is 4.74 Å². The third kappa shape index (κ3) is 2.02. The van der Waals surface area contributed by atoms with Crippen LogP contribution in [0.4, 0.5) is 5.82 Å². The van der Waals surface area contributed by atoms with Crippen LogP contribution in [0, 0.1) is 5.92 Å². The second-order valence-corrected chi connectivity index (χ2v) is 4.96. The summed E-state index contributed by atoms with van der Waals surface area (Å²) < 4.78 is 5.79. The molecule has 1 unspecified atom stereocenters. The van der Waals surface area contributed by atoms with E-state index in [-0.39, 0.29) is 6.10 Å². The zero-order valence-electron chi connectivity index (χ0n) is 10.3. The van der Waals surface area contributed by atoms with Crippen molar-refractivity contribution in [3.8, 4) is 0 Å². The van der Waals surface area contributed by atoms with Crippen molar-refractivity contribution in [1.82, 2.24) is 9.97 Å². The topological polar surface area (TPSA) is 61.0 Å². The Kier molecular flexibility index (Phi) is 2.74. The predicted octanol–water partition coefficient (Wildman–Crippen LogP) is 2.04. The average molecular weight is 233 g/mol. The lowest BCUT2D eigenvalue weighted by Gasteiger charge is -2.16. The van der Waals surface area contributed by atoms with Gasteiger partial charge in [-0.3, -0.25) is 0 Å². The van der Waals surface area contributed by atoms with E-state index in [0.717, 1.165) is 30.8 Å². The Balaban J connectivity index is 1.93. The smallest absolute Gasteiger partial charge is 0.160 e. The van der Waals surface area contributed by atoms with Gasteiger partial charge in [-0.15, -0.1) is 0 Å². The van der Waals surface area contributed by atoms with Crippen molar-refractivity contribution in [3.63, 3.8) is 0 Å². The van der Waals surface area contributed by atoms with Gasteiger partial charge in [0.15, 0.2) is 5.82 Å². The number of ether oxygens (including phenoxy) is 1. The van der Waals surface area contributed by atoms with Crippen LogP contribution in [0.2, 0.25) is 0 Å². The maximum absolute atomic E-state index is 6.02. The van der Waals surface area contributed by atoms with Gasteiger partial charge in [0, 0.05) is 17.9 Å². The highest BCUT2D eigenvalue weighted by Crippen LogP contribution is 2.42. The fraction of sp³-hybridized carbons (Fsp3) is 0.692. The molecule has 0 amide bonds. The molecule has 17 heavy (non-hydrogen) atoms. The summed E-state index contributed by atoms with van der Waals surface area (Å²) in [4.78, 5) is 9.14. The summed E-state index contributed by atoms with van der Waals surface area (Å²) in [6, 6.07) is 0. The van der Waals surface area contributed by atoms with Gasteiger partial charge in [-0.1, -0.05) is 0 Å². The largest absolute Gasteiger partial charge is 0.383 e. The first-order valence-electron chi connectivity index (χ1n) is 6.56. The molecule has 2 N–H and O–H groups in total. The van der Waals surface area contributed by atoms with Crippen LogP contribution in [0.5, 0.6) is 0 Å². The van der Waals surface area contributed by atoms with E-state index in [2.05, 4.69) is 9.97 Å². The first-order valence-corrected chi connectivity index (χ1v) is 6.56. The Hall–Kier alpha value is -1.16. The second-order valence-electron chi connectivity index (χ2n) is 4.96. The van der Waals surface area contributed by atoms with Gasteiger partial charge in [-0.2, -0.15) is 0 Å². The molecular formula is C13H19N3O. The van der Waals surface area contributed by atoms with E-state index < -0.39 is 0 Å². The molecule has 4 nitrogen and oxygen atoms in total. The Morgan fingerprint density at radius 1 is 1.35 bits per heavy atom. The lowest BCUT2D eigenvalue weighted by Crippen LogP contribution is -2.14. The lowest BCUT2D eigenvalue weighted by molar-refractivity contribution is 0.0400. The normalized spacial score (nSPS) is 20.3. The van der Waals surface area contributed by atoms with E-state index in [1.54, 1.807) is 0 Å². The summed E-state index contributed by atoms with van der Waals surface area (Å²) in [5.41, 5.74) is 8.34. The Morgan fingerprint density at radius 3 is 2.88 bits per heavy atom. The standard InChI is InChI=1S/C13H19N3O/c1-2-17-11(8-6-7-8)13-15-10-5-3-4-9(10)12(14)16-13/h8,11H,2-7H2,1H3,(H2,14,15,16). The van der Waals surface area contributed by atoms with Crippen LogP contribution in [-0.2, 0) is 17.6 Å². The molecule has 1 aromatic heterocycles. The summed E-state index contributed by atoms with van der Waals surface area (Å²) in [5.74, 6) is 2.09. The summed E-state index contributed by atoms with van der Waals surface area (Å²) in [6.45, 7) is 2.73. The summed E-state index contributed by atoms with van der Waals surface area (Å²) in [6.07, 6.45) is 5.74. The molecule has 92 valence electrons. The molecule has 1 saturated carbocycles. The molecule has 0 radical (unpaired) electrons. The van der Waals surface area contributed by atoms with Gasteiger partial charge < -0.3 is 10.5 Å². The average Bonchev–Trinajstić information content (AvgIpc) is 3.03. The summed E-state index contributed by atoms with van der Waals surface area (Å²) in [7, 11) is 0. The maximum Gasteiger partial charge on any atom is 0.160 e. The van der Waals surface area contributed by atoms with E-state index in [1.165, 1.54) is 18.4 Å². The first-order chi connectivity index (χ1) is 8.29. The summed E-state index contributed by atoms with van der Waals surface area (Å²) >= 11 is 0. The number of nitrogens with two attached hydrogens (primary N) is 1. The van der Waals surface area contributed by atoms with Crippen LogP contribution in [0.15, 0.2) is 0 Å². The number of hydrogen-bond acceptors (Lipinski definition) is 4. The fourth-order valence-electron chi connectivity index (χ4n) is 2.61.